The molecule has 0 saturated heterocycles. The van der Waals surface area contributed by atoms with Crippen LogP contribution in [0.1, 0.15) is 12.0 Å². The number of carbonyl (C=O) groups excluding carboxylic acids is 1. The average molecular weight is 191 g/mol. The Morgan fingerprint density at radius 3 is 3.07 bits per heavy atom. The number of rotatable bonds is 2. The summed E-state index contributed by atoms with van der Waals surface area (Å²) in [6.07, 6.45) is 1.34. The molecule has 0 aromatic heterocycles. The van der Waals surface area contributed by atoms with Crippen LogP contribution < -0.4 is 5.32 Å². The third-order valence-corrected chi connectivity index (χ3v) is 2.48. The first kappa shape index (κ1) is 9.06. The lowest BCUT2D eigenvalue weighted by molar-refractivity contribution is -0.140. The van der Waals surface area contributed by atoms with E-state index in [-0.39, 0.29) is 12.0 Å². The average Bonchev–Trinajstić information content (AvgIpc) is 2.59. The van der Waals surface area contributed by atoms with E-state index in [4.69, 9.17) is 0 Å². The highest BCUT2D eigenvalue weighted by Gasteiger charge is 2.22. The van der Waals surface area contributed by atoms with Crippen molar-refractivity contribution in [1.29, 1.82) is 0 Å². The SMILES string of the molecule is COC(=O)C[C@H]1Cc2ccccc2N1. The topological polar surface area (TPSA) is 38.3 Å². The van der Waals surface area contributed by atoms with Gasteiger partial charge < -0.3 is 10.1 Å². The Hall–Kier alpha value is -1.51. The Kier molecular flexibility index (Phi) is 2.39. The summed E-state index contributed by atoms with van der Waals surface area (Å²) in [5.74, 6) is -0.157. The Labute approximate surface area is 83.1 Å². The molecule has 0 amide bonds. The zero-order valence-electron chi connectivity index (χ0n) is 8.12. The quantitative estimate of drug-likeness (QED) is 0.721. The second kappa shape index (κ2) is 3.70. The van der Waals surface area contributed by atoms with Crippen LogP contribution in [-0.2, 0) is 16.0 Å². The van der Waals surface area contributed by atoms with Gasteiger partial charge in [0.2, 0.25) is 0 Å². The summed E-state index contributed by atoms with van der Waals surface area (Å²) in [6.45, 7) is 0. The van der Waals surface area contributed by atoms with Crippen molar-refractivity contribution in [3.05, 3.63) is 29.8 Å². The molecule has 1 heterocycles. The molecule has 0 saturated carbocycles. The zero-order chi connectivity index (χ0) is 9.97. The molecule has 0 fully saturated rings. The van der Waals surface area contributed by atoms with E-state index in [0.29, 0.717) is 6.42 Å². The van der Waals surface area contributed by atoms with Gasteiger partial charge in [-0.25, -0.2) is 0 Å². The standard InChI is InChI=1S/C11H13NO2/c1-14-11(13)7-9-6-8-4-2-3-5-10(8)12-9/h2-5,9,12H,6-7H2,1H3/t9-/m1/s1. The molecule has 0 radical (unpaired) electrons. The Morgan fingerprint density at radius 1 is 1.57 bits per heavy atom. The van der Waals surface area contributed by atoms with Gasteiger partial charge >= 0.3 is 5.97 Å². The molecule has 0 bridgehead atoms. The monoisotopic (exact) mass is 191 g/mol. The van der Waals surface area contributed by atoms with Gasteiger partial charge in [-0.3, -0.25) is 4.79 Å². The summed E-state index contributed by atoms with van der Waals surface area (Å²) in [4.78, 5) is 11.1. The lowest BCUT2D eigenvalue weighted by Crippen LogP contribution is -2.20. The number of nitrogens with one attached hydrogen (secondary N) is 1. The van der Waals surface area contributed by atoms with Crippen LogP contribution in [0.15, 0.2) is 24.3 Å². The van der Waals surface area contributed by atoms with E-state index in [1.54, 1.807) is 0 Å². The largest absolute Gasteiger partial charge is 0.469 e. The second-order valence-electron chi connectivity index (χ2n) is 3.48. The van der Waals surface area contributed by atoms with Crippen molar-refractivity contribution in [2.45, 2.75) is 18.9 Å². The maximum absolute atomic E-state index is 11.1. The van der Waals surface area contributed by atoms with Crippen LogP contribution >= 0.6 is 0 Å². The molecular formula is C11H13NO2. The molecule has 14 heavy (non-hydrogen) atoms. The fraction of sp³-hybridized carbons (Fsp3) is 0.364. The fourth-order valence-corrected chi connectivity index (χ4v) is 1.78. The highest BCUT2D eigenvalue weighted by molar-refractivity contribution is 5.72. The molecule has 1 atom stereocenters. The van der Waals surface area contributed by atoms with E-state index in [2.05, 4.69) is 16.1 Å². The number of para-hydroxylation sites is 1. The predicted molar refractivity (Wildman–Crippen MR) is 54.2 cm³/mol. The highest BCUT2D eigenvalue weighted by atomic mass is 16.5. The summed E-state index contributed by atoms with van der Waals surface area (Å²) in [6, 6.07) is 8.32. The molecule has 0 unspecified atom stereocenters. The van der Waals surface area contributed by atoms with Gasteiger partial charge in [-0.1, -0.05) is 18.2 Å². The summed E-state index contributed by atoms with van der Waals surface area (Å²) in [5.41, 5.74) is 2.42. The lowest BCUT2D eigenvalue weighted by atomic mass is 10.1. The van der Waals surface area contributed by atoms with Crippen LogP contribution in [0.4, 0.5) is 5.69 Å². The van der Waals surface area contributed by atoms with Crippen LogP contribution in [0.25, 0.3) is 0 Å². The highest BCUT2D eigenvalue weighted by Crippen LogP contribution is 2.26. The van der Waals surface area contributed by atoms with Crippen molar-refractivity contribution in [2.24, 2.45) is 0 Å². The smallest absolute Gasteiger partial charge is 0.307 e. The number of hydrogen-bond donors (Lipinski definition) is 1. The molecule has 1 aliphatic rings. The van der Waals surface area contributed by atoms with Crippen molar-refractivity contribution < 1.29 is 9.53 Å². The van der Waals surface area contributed by atoms with Gasteiger partial charge in [0.05, 0.1) is 13.5 Å². The second-order valence-corrected chi connectivity index (χ2v) is 3.48. The molecule has 1 aromatic rings. The van der Waals surface area contributed by atoms with Crippen LogP contribution in [-0.4, -0.2) is 19.1 Å². The molecule has 3 nitrogen and oxygen atoms in total. The van der Waals surface area contributed by atoms with E-state index >= 15 is 0 Å². The van der Waals surface area contributed by atoms with Crippen molar-refractivity contribution >= 4 is 11.7 Å². The van der Waals surface area contributed by atoms with Crippen molar-refractivity contribution in [1.82, 2.24) is 0 Å². The number of esters is 1. The molecule has 1 aliphatic heterocycles. The fourth-order valence-electron chi connectivity index (χ4n) is 1.78. The number of anilines is 1. The minimum atomic E-state index is -0.157. The van der Waals surface area contributed by atoms with Gasteiger partial charge in [0.15, 0.2) is 0 Å². The molecule has 1 N–H and O–H groups in total. The Morgan fingerprint density at radius 2 is 2.36 bits per heavy atom. The molecule has 0 spiro atoms. The van der Waals surface area contributed by atoms with Gasteiger partial charge in [-0.2, -0.15) is 0 Å². The minimum Gasteiger partial charge on any atom is -0.469 e. The number of hydrogen-bond acceptors (Lipinski definition) is 3. The summed E-state index contributed by atoms with van der Waals surface area (Å²) < 4.78 is 4.63. The lowest BCUT2D eigenvalue weighted by Gasteiger charge is -2.08. The predicted octanol–water partition coefficient (Wildman–Crippen LogP) is 1.59. The van der Waals surface area contributed by atoms with Crippen LogP contribution in [0.3, 0.4) is 0 Å². The molecule has 2 rings (SSSR count). The first-order valence-corrected chi connectivity index (χ1v) is 4.71. The third-order valence-electron chi connectivity index (χ3n) is 2.48. The number of carbonyl (C=O) groups is 1. The number of fused-ring (bicyclic) bond motifs is 1. The maximum atomic E-state index is 11.1. The van der Waals surface area contributed by atoms with E-state index in [0.717, 1.165) is 12.1 Å². The molecule has 0 aliphatic carbocycles. The van der Waals surface area contributed by atoms with E-state index in [1.165, 1.54) is 12.7 Å². The van der Waals surface area contributed by atoms with E-state index in [1.807, 2.05) is 18.2 Å². The van der Waals surface area contributed by atoms with Crippen LogP contribution in [0.5, 0.6) is 0 Å². The molecule has 3 heteroatoms. The summed E-state index contributed by atoms with van der Waals surface area (Å²) >= 11 is 0. The number of methoxy groups -OCH3 is 1. The molecular weight excluding hydrogens is 178 g/mol. The zero-order valence-corrected chi connectivity index (χ0v) is 8.12. The normalized spacial score (nSPS) is 18.5. The van der Waals surface area contributed by atoms with Crippen molar-refractivity contribution in [3.63, 3.8) is 0 Å². The Balaban J connectivity index is 2.01. The van der Waals surface area contributed by atoms with Gasteiger partial charge in [0.1, 0.15) is 0 Å². The number of benzene rings is 1. The van der Waals surface area contributed by atoms with Gasteiger partial charge in [-0.15, -0.1) is 0 Å². The summed E-state index contributed by atoms with van der Waals surface area (Å²) in [7, 11) is 1.42. The first-order valence-electron chi connectivity index (χ1n) is 4.71. The maximum Gasteiger partial charge on any atom is 0.307 e. The van der Waals surface area contributed by atoms with E-state index < -0.39 is 0 Å². The van der Waals surface area contributed by atoms with E-state index in [9.17, 15) is 4.79 Å². The van der Waals surface area contributed by atoms with Gasteiger partial charge in [0, 0.05) is 11.7 Å². The molecule has 74 valence electrons. The summed E-state index contributed by atoms with van der Waals surface area (Å²) in [5, 5.41) is 3.30. The van der Waals surface area contributed by atoms with Gasteiger partial charge in [0.25, 0.3) is 0 Å². The Bertz CT molecular complexity index is 324. The third kappa shape index (κ3) is 1.71. The van der Waals surface area contributed by atoms with Crippen molar-refractivity contribution in [2.75, 3.05) is 12.4 Å². The first-order chi connectivity index (χ1) is 6.79. The van der Waals surface area contributed by atoms with Crippen molar-refractivity contribution in [3.8, 4) is 0 Å². The van der Waals surface area contributed by atoms with Crippen LogP contribution in [0.2, 0.25) is 0 Å². The van der Waals surface area contributed by atoms with Crippen LogP contribution in [0, 0.1) is 0 Å². The minimum absolute atomic E-state index is 0.157. The molecule has 1 aromatic carbocycles. The number of ether oxygens (including phenoxy) is 1. The van der Waals surface area contributed by atoms with Gasteiger partial charge in [-0.05, 0) is 18.1 Å².